The van der Waals surface area contributed by atoms with Crippen LogP contribution in [0.25, 0.3) is 0 Å². The van der Waals surface area contributed by atoms with Crippen LogP contribution in [0.4, 0.5) is 0 Å². The van der Waals surface area contributed by atoms with Crippen LogP contribution in [0.1, 0.15) is 12.8 Å². The number of rotatable bonds is 1. The van der Waals surface area contributed by atoms with E-state index in [1.807, 2.05) is 0 Å². The fraction of sp³-hybridized carbons (Fsp3) is 0.833. The van der Waals surface area contributed by atoms with Crippen molar-refractivity contribution < 1.29 is 4.79 Å². The summed E-state index contributed by atoms with van der Waals surface area (Å²) in [5, 5.41) is 0. The molecule has 1 saturated heterocycles. The summed E-state index contributed by atoms with van der Waals surface area (Å²) in [6, 6.07) is 0. The van der Waals surface area contributed by atoms with E-state index in [0.29, 0.717) is 0 Å². The van der Waals surface area contributed by atoms with Crippen molar-refractivity contribution in [1.29, 1.82) is 0 Å². The SMILES string of the molecule is N[C@@H]1CCCN1C(=O)CCl. The van der Waals surface area contributed by atoms with Gasteiger partial charge in [0, 0.05) is 6.54 Å². The molecule has 1 amide bonds. The number of carbonyl (C=O) groups excluding carboxylic acids is 1. The zero-order chi connectivity index (χ0) is 7.56. The summed E-state index contributed by atoms with van der Waals surface area (Å²) < 4.78 is 0. The summed E-state index contributed by atoms with van der Waals surface area (Å²) in [6.07, 6.45) is 1.82. The highest BCUT2D eigenvalue weighted by Gasteiger charge is 2.24. The van der Waals surface area contributed by atoms with E-state index in [0.717, 1.165) is 19.4 Å². The van der Waals surface area contributed by atoms with E-state index in [4.69, 9.17) is 17.3 Å². The molecule has 1 rings (SSSR count). The minimum absolute atomic E-state index is 0.0493. The molecule has 1 aliphatic heterocycles. The second-order valence-corrected chi connectivity index (χ2v) is 2.70. The first-order valence-electron chi connectivity index (χ1n) is 3.36. The van der Waals surface area contributed by atoms with Crippen LogP contribution in [0.2, 0.25) is 0 Å². The van der Waals surface area contributed by atoms with E-state index in [9.17, 15) is 4.79 Å². The number of likely N-dealkylation sites (tertiary alicyclic amines) is 1. The molecule has 0 aromatic rings. The standard InChI is InChI=1S/C6H11ClN2O/c7-4-6(10)9-3-1-2-5(9)8/h5H,1-4,8H2/t5-/m0/s1. The van der Waals surface area contributed by atoms with Gasteiger partial charge in [-0.05, 0) is 12.8 Å². The molecule has 0 unspecified atom stereocenters. The minimum Gasteiger partial charge on any atom is -0.326 e. The van der Waals surface area contributed by atoms with Crippen LogP contribution in [0.3, 0.4) is 0 Å². The largest absolute Gasteiger partial charge is 0.326 e. The highest BCUT2D eigenvalue weighted by atomic mass is 35.5. The van der Waals surface area contributed by atoms with Crippen LogP contribution in [-0.4, -0.2) is 29.4 Å². The zero-order valence-corrected chi connectivity index (χ0v) is 6.47. The van der Waals surface area contributed by atoms with E-state index in [2.05, 4.69) is 0 Å². The molecule has 10 heavy (non-hydrogen) atoms. The van der Waals surface area contributed by atoms with E-state index in [1.54, 1.807) is 4.90 Å². The van der Waals surface area contributed by atoms with Crippen molar-refractivity contribution in [3.8, 4) is 0 Å². The van der Waals surface area contributed by atoms with Gasteiger partial charge in [-0.2, -0.15) is 0 Å². The number of nitrogens with two attached hydrogens (primary N) is 1. The summed E-state index contributed by atoms with van der Waals surface area (Å²) in [4.78, 5) is 12.6. The van der Waals surface area contributed by atoms with Crippen molar-refractivity contribution in [3.05, 3.63) is 0 Å². The molecule has 3 nitrogen and oxygen atoms in total. The normalized spacial score (nSPS) is 25.4. The van der Waals surface area contributed by atoms with Crippen molar-refractivity contribution in [2.24, 2.45) is 5.73 Å². The van der Waals surface area contributed by atoms with Crippen molar-refractivity contribution in [1.82, 2.24) is 4.90 Å². The van der Waals surface area contributed by atoms with Gasteiger partial charge in [0.1, 0.15) is 5.88 Å². The van der Waals surface area contributed by atoms with Gasteiger partial charge in [0.15, 0.2) is 0 Å². The minimum atomic E-state index is -0.0914. The maximum Gasteiger partial charge on any atom is 0.238 e. The molecule has 0 aromatic carbocycles. The van der Waals surface area contributed by atoms with Crippen molar-refractivity contribution >= 4 is 17.5 Å². The molecule has 1 atom stereocenters. The fourth-order valence-corrected chi connectivity index (χ4v) is 1.33. The summed E-state index contributed by atoms with van der Waals surface area (Å²) in [6.45, 7) is 0.771. The molecule has 4 heteroatoms. The van der Waals surface area contributed by atoms with E-state index >= 15 is 0 Å². The lowest BCUT2D eigenvalue weighted by atomic mass is 10.3. The molecule has 0 spiro atoms. The molecule has 1 fully saturated rings. The Balaban J connectivity index is 2.46. The van der Waals surface area contributed by atoms with Gasteiger partial charge >= 0.3 is 0 Å². The van der Waals surface area contributed by atoms with Crippen molar-refractivity contribution in [2.75, 3.05) is 12.4 Å². The Bertz CT molecular complexity index is 140. The average molecular weight is 163 g/mol. The quantitative estimate of drug-likeness (QED) is 0.558. The summed E-state index contributed by atoms with van der Waals surface area (Å²) in [5.41, 5.74) is 5.60. The number of alkyl halides is 1. The first kappa shape index (κ1) is 7.82. The maximum absolute atomic E-state index is 10.9. The number of hydrogen-bond acceptors (Lipinski definition) is 2. The molecular formula is C6H11ClN2O. The van der Waals surface area contributed by atoms with Gasteiger partial charge in [0.25, 0.3) is 0 Å². The molecule has 0 saturated carbocycles. The van der Waals surface area contributed by atoms with Gasteiger partial charge < -0.3 is 10.6 Å². The second-order valence-electron chi connectivity index (χ2n) is 2.43. The van der Waals surface area contributed by atoms with Crippen molar-refractivity contribution in [2.45, 2.75) is 19.0 Å². The third-order valence-corrected chi connectivity index (χ3v) is 1.96. The predicted octanol–water partition coefficient (Wildman–Crippen LogP) is 0.132. The number of nitrogens with zero attached hydrogens (tertiary/aromatic N) is 1. The van der Waals surface area contributed by atoms with Crippen LogP contribution in [0, 0.1) is 0 Å². The third kappa shape index (κ3) is 1.41. The summed E-state index contributed by atoms with van der Waals surface area (Å²) >= 11 is 5.35. The third-order valence-electron chi connectivity index (χ3n) is 1.73. The lowest BCUT2D eigenvalue weighted by Gasteiger charge is -2.19. The number of halogens is 1. The molecule has 0 radical (unpaired) electrons. The first-order valence-corrected chi connectivity index (χ1v) is 3.90. The average Bonchev–Trinajstić information content (AvgIpc) is 2.34. The molecule has 1 aliphatic rings. The highest BCUT2D eigenvalue weighted by Crippen LogP contribution is 2.12. The van der Waals surface area contributed by atoms with Gasteiger partial charge in [0.2, 0.25) is 5.91 Å². The molecule has 0 aromatic heterocycles. The Hall–Kier alpha value is -0.280. The Morgan fingerprint density at radius 2 is 2.50 bits per heavy atom. The summed E-state index contributed by atoms with van der Waals surface area (Å²) in [5.74, 6) is -0.0000772. The lowest BCUT2D eigenvalue weighted by molar-refractivity contribution is -0.129. The Morgan fingerprint density at radius 3 is 2.90 bits per heavy atom. The Morgan fingerprint density at radius 1 is 1.80 bits per heavy atom. The zero-order valence-electron chi connectivity index (χ0n) is 5.72. The van der Waals surface area contributed by atoms with Gasteiger partial charge in [-0.15, -0.1) is 11.6 Å². The fourth-order valence-electron chi connectivity index (χ4n) is 1.18. The molecule has 0 aliphatic carbocycles. The second kappa shape index (κ2) is 3.21. The Kier molecular flexibility index (Phi) is 2.51. The van der Waals surface area contributed by atoms with Crippen LogP contribution in [-0.2, 0) is 4.79 Å². The smallest absolute Gasteiger partial charge is 0.238 e. The predicted molar refractivity (Wildman–Crippen MR) is 39.6 cm³/mol. The first-order chi connectivity index (χ1) is 4.75. The monoisotopic (exact) mass is 162 g/mol. The van der Waals surface area contributed by atoms with Crippen LogP contribution >= 0.6 is 11.6 Å². The molecular weight excluding hydrogens is 152 g/mol. The highest BCUT2D eigenvalue weighted by molar-refractivity contribution is 6.27. The number of carbonyl (C=O) groups is 1. The van der Waals surface area contributed by atoms with E-state index in [-0.39, 0.29) is 18.0 Å². The van der Waals surface area contributed by atoms with Crippen molar-refractivity contribution in [3.63, 3.8) is 0 Å². The van der Waals surface area contributed by atoms with Gasteiger partial charge in [-0.3, -0.25) is 4.79 Å². The van der Waals surface area contributed by atoms with E-state index in [1.165, 1.54) is 0 Å². The summed E-state index contributed by atoms with van der Waals surface area (Å²) in [7, 11) is 0. The topological polar surface area (TPSA) is 46.3 Å². The maximum atomic E-state index is 10.9. The molecule has 2 N–H and O–H groups in total. The number of amides is 1. The Labute approximate surface area is 65.1 Å². The molecule has 0 bridgehead atoms. The van der Waals surface area contributed by atoms with Gasteiger partial charge in [-0.25, -0.2) is 0 Å². The number of hydrogen-bond donors (Lipinski definition) is 1. The van der Waals surface area contributed by atoms with Crippen LogP contribution in [0.5, 0.6) is 0 Å². The van der Waals surface area contributed by atoms with Gasteiger partial charge in [0.05, 0.1) is 6.17 Å². The molecule has 1 heterocycles. The van der Waals surface area contributed by atoms with Crippen LogP contribution < -0.4 is 5.73 Å². The van der Waals surface area contributed by atoms with Gasteiger partial charge in [-0.1, -0.05) is 0 Å². The van der Waals surface area contributed by atoms with E-state index < -0.39 is 0 Å². The molecule has 58 valence electrons. The van der Waals surface area contributed by atoms with Crippen LogP contribution in [0.15, 0.2) is 0 Å². The lowest BCUT2D eigenvalue weighted by Crippen LogP contribution is -2.41.